The number of nitrogens with one attached hydrogen (secondary N) is 1. The number of methoxy groups -OCH3 is 2. The number of nitrogens with zero attached hydrogens (tertiary/aromatic N) is 2. The summed E-state index contributed by atoms with van der Waals surface area (Å²) in [4.78, 5) is 60.7. The van der Waals surface area contributed by atoms with Crippen LogP contribution in [0, 0.1) is 22.7 Å². The van der Waals surface area contributed by atoms with Crippen LogP contribution in [0.5, 0.6) is 11.6 Å². The minimum absolute atomic E-state index is 0.0503. The number of aromatic nitrogens is 1. The molecule has 5 rings (SSSR count). The summed E-state index contributed by atoms with van der Waals surface area (Å²) in [6, 6.07) is 6.32. The van der Waals surface area contributed by atoms with Crippen LogP contribution in [0.4, 0.5) is 0 Å². The highest BCUT2D eigenvalue weighted by Gasteiger charge is 2.61. The maximum atomic E-state index is 14.4. The first-order valence-corrected chi connectivity index (χ1v) is 17.8. The fourth-order valence-corrected chi connectivity index (χ4v) is 8.04. The molecule has 5 atom stereocenters. The first-order chi connectivity index (χ1) is 22.6. The normalized spacial score (nSPS) is 24.5. The Hall–Kier alpha value is -3.84. The molecule has 0 bridgehead atoms. The second-order valence-corrected chi connectivity index (χ2v) is 16.3. The van der Waals surface area contributed by atoms with Crippen molar-refractivity contribution in [3.63, 3.8) is 0 Å². The maximum absolute atomic E-state index is 14.4. The molecule has 0 unspecified atom stereocenters. The molecule has 1 aromatic carbocycles. The summed E-state index contributed by atoms with van der Waals surface area (Å²) in [7, 11) is -0.846. The lowest BCUT2D eigenvalue weighted by Gasteiger charge is -2.35. The Morgan fingerprint density at radius 1 is 1.17 bits per heavy atom. The third-order valence-corrected chi connectivity index (χ3v) is 11.6. The highest BCUT2D eigenvalue weighted by Crippen LogP contribution is 2.57. The van der Waals surface area contributed by atoms with Gasteiger partial charge in [-0.3, -0.25) is 23.9 Å². The number of hydrogen-bond acceptors (Lipinski definition) is 10. The first kappa shape index (κ1) is 35.5. The number of allylic oxidation sites excluding steroid dienone is 1. The van der Waals surface area contributed by atoms with Gasteiger partial charge in [-0.05, 0) is 60.2 Å². The summed E-state index contributed by atoms with van der Waals surface area (Å²) in [5.41, 5.74) is -1.91. The van der Waals surface area contributed by atoms with Crippen molar-refractivity contribution < 1.29 is 41.8 Å². The molecular formula is C35H45N3O9S. The van der Waals surface area contributed by atoms with Gasteiger partial charge in [0.25, 0.3) is 0 Å². The highest BCUT2D eigenvalue weighted by molar-refractivity contribution is 7.90. The largest absolute Gasteiger partial charge is 0.497 e. The molecule has 3 aliphatic rings. The van der Waals surface area contributed by atoms with E-state index in [1.54, 1.807) is 25.4 Å². The first-order valence-electron chi connectivity index (χ1n) is 16.3. The highest BCUT2D eigenvalue weighted by atomic mass is 32.2. The van der Waals surface area contributed by atoms with Crippen LogP contribution in [0.25, 0.3) is 10.8 Å². The van der Waals surface area contributed by atoms with Crippen molar-refractivity contribution in [2.24, 2.45) is 22.7 Å². The SMILES string of the molecule is C=C[C@@H]1C[C@]1(CC(=O)[C@@H]1C[C@@H](Oc2nccc3cc(OC)ccc23)CN1C(=O)[C@@H](CC(=O)COC)C(C)(C)C)C(=O)NS(=O)(=O)C1CC1. The topological polar surface area (TPSA) is 158 Å². The van der Waals surface area contributed by atoms with Crippen LogP contribution in [0.15, 0.2) is 43.1 Å². The van der Waals surface area contributed by atoms with Crippen LogP contribution in [0.2, 0.25) is 0 Å². The molecular weight excluding hydrogens is 638 g/mol. The lowest BCUT2D eigenvalue weighted by Crippen LogP contribution is -2.48. The van der Waals surface area contributed by atoms with E-state index in [-0.39, 0.29) is 62.2 Å². The van der Waals surface area contributed by atoms with Gasteiger partial charge in [-0.2, -0.15) is 0 Å². The number of amides is 2. The molecule has 1 aromatic heterocycles. The Bertz CT molecular complexity index is 1720. The zero-order valence-electron chi connectivity index (χ0n) is 28.2. The van der Waals surface area contributed by atoms with Gasteiger partial charge in [0.05, 0.1) is 30.4 Å². The number of hydrogen-bond donors (Lipinski definition) is 1. The minimum Gasteiger partial charge on any atom is -0.497 e. The number of benzene rings is 1. The zero-order valence-corrected chi connectivity index (χ0v) is 29.0. The van der Waals surface area contributed by atoms with Gasteiger partial charge in [-0.15, -0.1) is 6.58 Å². The molecule has 48 heavy (non-hydrogen) atoms. The Labute approximate surface area is 281 Å². The van der Waals surface area contributed by atoms with Crippen molar-refractivity contribution in [3.05, 3.63) is 43.1 Å². The van der Waals surface area contributed by atoms with Crippen LogP contribution < -0.4 is 14.2 Å². The molecule has 260 valence electrons. The van der Waals surface area contributed by atoms with E-state index in [9.17, 15) is 27.6 Å². The van der Waals surface area contributed by atoms with Crippen molar-refractivity contribution in [1.82, 2.24) is 14.6 Å². The van der Waals surface area contributed by atoms with E-state index in [4.69, 9.17) is 14.2 Å². The average Bonchev–Trinajstić information content (AvgIpc) is 3.96. The number of ketones is 2. The second-order valence-electron chi connectivity index (χ2n) is 14.3. The number of Topliss-reactive ketones (excluding diaryl/α,β-unsaturated/α-hetero) is 2. The molecule has 1 N–H and O–H groups in total. The molecule has 2 saturated carbocycles. The predicted octanol–water partition coefficient (Wildman–Crippen LogP) is 3.62. The van der Waals surface area contributed by atoms with E-state index in [1.807, 2.05) is 39.0 Å². The molecule has 13 heteroatoms. The summed E-state index contributed by atoms with van der Waals surface area (Å²) in [5.74, 6) is -1.88. The van der Waals surface area contributed by atoms with Crippen LogP contribution >= 0.6 is 0 Å². The number of fused-ring (bicyclic) bond motifs is 1. The Morgan fingerprint density at radius 3 is 2.50 bits per heavy atom. The Kier molecular flexibility index (Phi) is 10.0. The Balaban J connectivity index is 1.44. The van der Waals surface area contributed by atoms with E-state index in [0.717, 1.165) is 10.8 Å². The third-order valence-electron chi connectivity index (χ3n) is 9.77. The van der Waals surface area contributed by atoms with E-state index >= 15 is 0 Å². The van der Waals surface area contributed by atoms with Gasteiger partial charge in [-0.25, -0.2) is 13.4 Å². The van der Waals surface area contributed by atoms with Crippen LogP contribution in [-0.2, 0) is 33.9 Å². The molecule has 0 spiro atoms. The minimum atomic E-state index is -3.84. The van der Waals surface area contributed by atoms with Gasteiger partial charge < -0.3 is 19.1 Å². The van der Waals surface area contributed by atoms with Crippen molar-refractivity contribution in [1.29, 1.82) is 0 Å². The summed E-state index contributed by atoms with van der Waals surface area (Å²) >= 11 is 0. The van der Waals surface area contributed by atoms with Gasteiger partial charge in [0, 0.05) is 43.9 Å². The number of carbonyl (C=O) groups is 4. The van der Waals surface area contributed by atoms with Gasteiger partial charge in [0.2, 0.25) is 27.7 Å². The Morgan fingerprint density at radius 2 is 1.90 bits per heavy atom. The molecule has 0 radical (unpaired) electrons. The fraction of sp³-hybridized carbons (Fsp3) is 0.571. The molecule has 12 nitrogen and oxygen atoms in total. The third kappa shape index (κ3) is 7.41. The van der Waals surface area contributed by atoms with E-state index in [1.165, 1.54) is 12.0 Å². The smallest absolute Gasteiger partial charge is 0.240 e. The number of rotatable bonds is 15. The maximum Gasteiger partial charge on any atom is 0.240 e. The lowest BCUT2D eigenvalue weighted by molar-refractivity contribution is -0.146. The van der Waals surface area contributed by atoms with Crippen LogP contribution in [0.1, 0.15) is 59.3 Å². The lowest BCUT2D eigenvalue weighted by atomic mass is 9.76. The molecule has 1 aliphatic heterocycles. The summed E-state index contributed by atoms with van der Waals surface area (Å²) in [6.45, 7) is 9.30. The number of pyridine rings is 1. The summed E-state index contributed by atoms with van der Waals surface area (Å²) in [5, 5.41) is 0.957. The summed E-state index contributed by atoms with van der Waals surface area (Å²) in [6.07, 6.45) is 3.57. The van der Waals surface area contributed by atoms with Crippen LogP contribution in [0.3, 0.4) is 0 Å². The van der Waals surface area contributed by atoms with Gasteiger partial charge in [0.15, 0.2) is 11.6 Å². The van der Waals surface area contributed by atoms with E-state index in [0.29, 0.717) is 24.5 Å². The molecule has 2 aliphatic carbocycles. The van der Waals surface area contributed by atoms with Crippen molar-refractivity contribution in [2.75, 3.05) is 27.4 Å². The van der Waals surface area contributed by atoms with Gasteiger partial charge in [-0.1, -0.05) is 26.8 Å². The molecule has 2 heterocycles. The van der Waals surface area contributed by atoms with Crippen LogP contribution in [-0.4, -0.2) is 86.4 Å². The van der Waals surface area contributed by atoms with Crippen molar-refractivity contribution in [2.45, 2.75) is 76.7 Å². The zero-order chi connectivity index (χ0) is 35.0. The van der Waals surface area contributed by atoms with E-state index < -0.39 is 50.1 Å². The second kappa shape index (κ2) is 13.6. The van der Waals surface area contributed by atoms with Crippen molar-refractivity contribution in [3.8, 4) is 11.6 Å². The predicted molar refractivity (Wildman–Crippen MR) is 178 cm³/mol. The monoisotopic (exact) mass is 683 g/mol. The fourth-order valence-electron chi connectivity index (χ4n) is 6.66. The number of sulfonamides is 1. The number of carbonyl (C=O) groups excluding carboxylic acids is 4. The van der Waals surface area contributed by atoms with Crippen molar-refractivity contribution >= 4 is 44.2 Å². The number of likely N-dealkylation sites (tertiary alicyclic amines) is 1. The van der Waals surface area contributed by atoms with E-state index in [2.05, 4.69) is 16.3 Å². The van der Waals surface area contributed by atoms with Gasteiger partial charge in [0.1, 0.15) is 18.5 Å². The standard InChI is InChI=1S/C35H45N3O9S/c1-7-22-17-35(22,33(42)37-48(43,44)26-9-10-26)18-30(40)29-16-25(47-31-27-11-8-24(46-6)14-21(27)12-13-36-31)19-38(29)32(41)28(34(2,3)4)15-23(39)20-45-5/h7-8,11-14,22,25-26,28-29H,1,9-10,15-20H2,2-6H3,(H,37,42)/t22-,25-,28-,29+,35-/m1/s1. The van der Waals surface area contributed by atoms with Gasteiger partial charge >= 0.3 is 0 Å². The molecule has 2 aromatic rings. The summed E-state index contributed by atoms with van der Waals surface area (Å²) < 4.78 is 44.3. The average molecular weight is 684 g/mol. The quantitative estimate of drug-likeness (QED) is 0.275. The number of ether oxygens (including phenoxy) is 3. The molecule has 3 fully saturated rings. The molecule has 1 saturated heterocycles. The molecule has 2 amide bonds.